The smallest absolute Gasteiger partial charge is 0.238 e. The van der Waals surface area contributed by atoms with Gasteiger partial charge in [-0.2, -0.15) is 9.97 Å². The van der Waals surface area contributed by atoms with Crippen molar-refractivity contribution < 1.29 is 0 Å². The van der Waals surface area contributed by atoms with E-state index in [1.54, 1.807) is 11.3 Å². The number of nitrogens with zero attached hydrogens (tertiary/aromatic N) is 5. The van der Waals surface area contributed by atoms with Crippen LogP contribution in [0, 0.1) is 0 Å². The number of hydrogen-bond donors (Lipinski definition) is 0. The second-order valence-electron chi connectivity index (χ2n) is 14.4. The maximum atomic E-state index is 5.36. The number of aromatic nitrogens is 5. The molecule has 0 fully saturated rings. The van der Waals surface area contributed by atoms with Crippen molar-refractivity contribution in [2.45, 2.75) is 0 Å². The Morgan fingerprint density at radius 2 is 0.947 bits per heavy atom. The van der Waals surface area contributed by atoms with Gasteiger partial charge in [0.25, 0.3) is 0 Å². The predicted molar refractivity (Wildman–Crippen MR) is 238 cm³/mol. The molecule has 0 amide bonds. The monoisotopic (exact) mass is 745 g/mol. The molecule has 57 heavy (non-hydrogen) atoms. The first-order chi connectivity index (χ1) is 28.3. The maximum Gasteiger partial charge on any atom is 0.238 e. The number of fused-ring (bicyclic) bond motifs is 10. The van der Waals surface area contributed by atoms with Gasteiger partial charge in [-0.3, -0.25) is 4.57 Å². The van der Waals surface area contributed by atoms with Gasteiger partial charge >= 0.3 is 0 Å². The first-order valence-corrected chi connectivity index (χ1v) is 19.9. The molecule has 4 heterocycles. The van der Waals surface area contributed by atoms with Crippen molar-refractivity contribution >= 4 is 75.1 Å². The molecule has 0 aliphatic heterocycles. The highest BCUT2D eigenvalue weighted by Gasteiger charge is 2.23. The molecule has 0 aliphatic carbocycles. The van der Waals surface area contributed by atoms with Gasteiger partial charge in [-0.15, -0.1) is 11.3 Å². The van der Waals surface area contributed by atoms with E-state index in [0.717, 1.165) is 55.3 Å². The Hall–Kier alpha value is -7.41. The highest BCUT2D eigenvalue weighted by Crippen LogP contribution is 2.42. The van der Waals surface area contributed by atoms with Crippen molar-refractivity contribution in [2.24, 2.45) is 0 Å². The molecule has 8 aromatic carbocycles. The molecule has 5 nitrogen and oxygen atoms in total. The Morgan fingerprint density at radius 1 is 0.351 bits per heavy atom. The van der Waals surface area contributed by atoms with Crippen LogP contribution in [0.5, 0.6) is 0 Å². The van der Waals surface area contributed by atoms with Crippen LogP contribution in [-0.4, -0.2) is 24.1 Å². The first-order valence-electron chi connectivity index (χ1n) is 19.1. The van der Waals surface area contributed by atoms with Gasteiger partial charge in [-0.25, -0.2) is 4.98 Å². The maximum absolute atomic E-state index is 5.36. The highest BCUT2D eigenvalue weighted by atomic mass is 32.1. The van der Waals surface area contributed by atoms with Crippen LogP contribution >= 0.6 is 11.3 Å². The van der Waals surface area contributed by atoms with Crippen LogP contribution < -0.4 is 0 Å². The van der Waals surface area contributed by atoms with Crippen LogP contribution in [0.1, 0.15) is 0 Å². The van der Waals surface area contributed by atoms with Gasteiger partial charge in [0.05, 0.1) is 22.1 Å². The summed E-state index contributed by atoms with van der Waals surface area (Å²) in [5.41, 5.74) is 9.64. The molecule has 6 heteroatoms. The molecule has 12 aromatic rings. The second kappa shape index (κ2) is 12.6. The predicted octanol–water partition coefficient (Wildman–Crippen LogP) is 13.4. The van der Waals surface area contributed by atoms with Crippen molar-refractivity contribution in [3.8, 4) is 45.5 Å². The van der Waals surface area contributed by atoms with Crippen LogP contribution in [0.3, 0.4) is 0 Å². The fourth-order valence-electron chi connectivity index (χ4n) is 8.63. The Kier molecular flexibility index (Phi) is 7.03. The van der Waals surface area contributed by atoms with Crippen LogP contribution in [0.15, 0.2) is 188 Å². The molecular formula is C51H31N5S. The van der Waals surface area contributed by atoms with E-state index in [4.69, 9.17) is 15.0 Å². The topological polar surface area (TPSA) is 48.5 Å². The summed E-state index contributed by atoms with van der Waals surface area (Å²) in [4.78, 5) is 15.9. The van der Waals surface area contributed by atoms with E-state index in [1.165, 1.54) is 36.5 Å². The average molecular weight is 746 g/mol. The lowest BCUT2D eigenvalue weighted by molar-refractivity contribution is 0.954. The third kappa shape index (κ3) is 4.98. The van der Waals surface area contributed by atoms with Crippen molar-refractivity contribution in [3.63, 3.8) is 0 Å². The number of benzene rings is 8. The minimum absolute atomic E-state index is 0.574. The van der Waals surface area contributed by atoms with Gasteiger partial charge in [0.1, 0.15) is 0 Å². The molecule has 4 aromatic heterocycles. The normalized spacial score (nSPS) is 11.9. The summed E-state index contributed by atoms with van der Waals surface area (Å²) in [5, 5.41) is 7.22. The Labute approximate surface area is 331 Å². The molecule has 0 saturated carbocycles. The lowest BCUT2D eigenvalue weighted by atomic mass is 10.0. The molecule has 0 atom stereocenters. The van der Waals surface area contributed by atoms with Gasteiger partial charge < -0.3 is 4.57 Å². The largest absolute Gasteiger partial charge is 0.309 e. The van der Waals surface area contributed by atoms with E-state index in [0.29, 0.717) is 17.6 Å². The Morgan fingerprint density at radius 3 is 1.75 bits per heavy atom. The van der Waals surface area contributed by atoms with E-state index in [9.17, 15) is 0 Å². The van der Waals surface area contributed by atoms with E-state index in [2.05, 4.69) is 191 Å². The molecule has 0 saturated heterocycles. The summed E-state index contributed by atoms with van der Waals surface area (Å²) < 4.78 is 7.11. The number of hydrogen-bond acceptors (Lipinski definition) is 4. The minimum atomic E-state index is 0.574. The van der Waals surface area contributed by atoms with Crippen molar-refractivity contribution in [2.75, 3.05) is 0 Å². The second-order valence-corrected chi connectivity index (χ2v) is 15.5. The highest BCUT2D eigenvalue weighted by molar-refractivity contribution is 7.25. The van der Waals surface area contributed by atoms with Crippen LogP contribution in [0.2, 0.25) is 0 Å². The zero-order valence-corrected chi connectivity index (χ0v) is 31.4. The lowest BCUT2D eigenvalue weighted by Gasteiger charge is -2.12. The Balaban J connectivity index is 1.16. The third-order valence-electron chi connectivity index (χ3n) is 11.2. The summed E-state index contributed by atoms with van der Waals surface area (Å²) in [7, 11) is 0. The van der Waals surface area contributed by atoms with E-state index in [-0.39, 0.29) is 0 Å². The SMILES string of the molecule is c1ccc(-c2cccc(-c3nc(-c4ccc5c(c4)sc4ccccc45)nc(-n4c5ccccc5c5c4ccc4c6ccccc6n(-c6ccccc6)c45)n3)c2)cc1. The molecule has 0 unspecified atom stereocenters. The molecule has 0 radical (unpaired) electrons. The summed E-state index contributed by atoms with van der Waals surface area (Å²) in [5.74, 6) is 1.82. The van der Waals surface area contributed by atoms with Crippen LogP contribution in [-0.2, 0) is 0 Å². The summed E-state index contributed by atoms with van der Waals surface area (Å²) in [6.07, 6.45) is 0. The molecule has 0 aliphatic rings. The zero-order chi connectivity index (χ0) is 37.5. The quantitative estimate of drug-likeness (QED) is 0.176. The van der Waals surface area contributed by atoms with Gasteiger partial charge in [-0.1, -0.05) is 140 Å². The van der Waals surface area contributed by atoms with Crippen molar-refractivity contribution in [1.82, 2.24) is 24.1 Å². The summed E-state index contributed by atoms with van der Waals surface area (Å²) in [6, 6.07) is 66.6. The molecule has 0 bridgehead atoms. The zero-order valence-electron chi connectivity index (χ0n) is 30.5. The van der Waals surface area contributed by atoms with Crippen LogP contribution in [0.4, 0.5) is 0 Å². The fraction of sp³-hybridized carbons (Fsp3) is 0. The lowest BCUT2D eigenvalue weighted by Crippen LogP contribution is -2.06. The third-order valence-corrected chi connectivity index (χ3v) is 12.3. The van der Waals surface area contributed by atoms with E-state index >= 15 is 0 Å². The molecule has 0 spiro atoms. The average Bonchev–Trinajstić information content (AvgIpc) is 3.94. The van der Waals surface area contributed by atoms with Gasteiger partial charge in [0.15, 0.2) is 11.6 Å². The van der Waals surface area contributed by atoms with Gasteiger partial charge in [0, 0.05) is 58.5 Å². The fourth-order valence-corrected chi connectivity index (χ4v) is 9.77. The number of para-hydroxylation sites is 3. The van der Waals surface area contributed by atoms with E-state index in [1.807, 2.05) is 6.07 Å². The summed E-state index contributed by atoms with van der Waals surface area (Å²) >= 11 is 1.80. The van der Waals surface area contributed by atoms with E-state index < -0.39 is 0 Å². The first kappa shape index (κ1) is 31.9. The Bertz CT molecular complexity index is 3520. The molecule has 0 N–H and O–H groups in total. The number of thiophene rings is 1. The number of rotatable bonds is 5. The molecule has 12 rings (SSSR count). The standard InChI is InChI=1S/C51H31N5S/c1-3-14-32(15-4-1)33-16-13-17-34(30-33)49-52-50(35-26-27-39-38-21-9-12-25-45(38)57-46(39)31-35)54-51(53-49)56-43-24-11-8-22-41(43)47-44(56)29-28-40-37-20-7-10-23-42(37)55(48(40)47)36-18-5-2-6-19-36/h1-31H. The molecular weight excluding hydrogens is 715 g/mol. The minimum Gasteiger partial charge on any atom is -0.309 e. The van der Waals surface area contributed by atoms with Crippen molar-refractivity contribution in [1.29, 1.82) is 0 Å². The van der Waals surface area contributed by atoms with Crippen LogP contribution in [0.25, 0.3) is 109 Å². The molecule has 266 valence electrons. The van der Waals surface area contributed by atoms with Gasteiger partial charge in [0.2, 0.25) is 5.95 Å². The van der Waals surface area contributed by atoms with Crippen molar-refractivity contribution in [3.05, 3.63) is 188 Å². The van der Waals surface area contributed by atoms with Gasteiger partial charge in [-0.05, 0) is 59.7 Å². The summed E-state index contributed by atoms with van der Waals surface area (Å²) in [6.45, 7) is 0.